The largest absolute Gasteiger partial charge is 0.586 e. The molecule has 0 amide bonds. The molecule has 118 valence electrons. The molecule has 1 aromatic heterocycles. The number of nitrogens with zero attached hydrogens (tertiary/aromatic N) is 2. The molecule has 3 rings (SSSR count). The highest BCUT2D eigenvalue weighted by Gasteiger charge is 2.43. The number of halogens is 2. The minimum atomic E-state index is -3.73. The van der Waals surface area contributed by atoms with Crippen LogP contribution in [0, 0.1) is 0 Å². The van der Waals surface area contributed by atoms with Gasteiger partial charge in [0.2, 0.25) is 0 Å². The van der Waals surface area contributed by atoms with Gasteiger partial charge in [-0.15, -0.1) is 13.9 Å². The molecule has 6 nitrogen and oxygen atoms in total. The van der Waals surface area contributed by atoms with Crippen molar-refractivity contribution >= 4 is 11.6 Å². The molecule has 2 aromatic rings. The van der Waals surface area contributed by atoms with Gasteiger partial charge in [0.1, 0.15) is 5.69 Å². The monoisotopic (exact) mass is 320 g/mol. The number of ether oxygens (including phenoxy) is 2. The normalized spacial score (nSPS) is 14.5. The van der Waals surface area contributed by atoms with Crippen LogP contribution in [0.15, 0.2) is 36.5 Å². The molecule has 0 aliphatic carbocycles. The van der Waals surface area contributed by atoms with Gasteiger partial charge in [0.25, 0.3) is 0 Å². The van der Waals surface area contributed by atoms with Crippen molar-refractivity contribution in [3.05, 3.63) is 47.8 Å². The average Bonchev–Trinajstić information content (AvgIpc) is 2.85. The highest BCUT2D eigenvalue weighted by atomic mass is 19.3. The molecule has 0 saturated heterocycles. The van der Waals surface area contributed by atoms with Crippen molar-refractivity contribution in [3.63, 3.8) is 0 Å². The fraction of sp³-hybridized carbons (Fsp3) is 0.200. The third-order valence-electron chi connectivity index (χ3n) is 3.16. The Morgan fingerprint density at radius 2 is 1.78 bits per heavy atom. The number of rotatable bonds is 5. The lowest BCUT2D eigenvalue weighted by molar-refractivity contribution is -0.286. The van der Waals surface area contributed by atoms with Gasteiger partial charge in [-0.2, -0.15) is 5.10 Å². The van der Waals surface area contributed by atoms with E-state index < -0.39 is 6.29 Å². The lowest BCUT2D eigenvalue weighted by Gasteiger charge is -2.04. The van der Waals surface area contributed by atoms with E-state index in [4.69, 9.17) is 0 Å². The van der Waals surface area contributed by atoms with Crippen LogP contribution in [0.5, 0.6) is 11.5 Å². The van der Waals surface area contributed by atoms with Gasteiger partial charge in [-0.25, -0.2) is 0 Å². The van der Waals surface area contributed by atoms with Crippen molar-refractivity contribution in [3.8, 4) is 11.5 Å². The van der Waals surface area contributed by atoms with Crippen LogP contribution in [0.2, 0.25) is 0 Å². The van der Waals surface area contributed by atoms with Crippen LogP contribution in [0.25, 0.3) is 0 Å². The number of ketones is 2. The highest BCUT2D eigenvalue weighted by Crippen LogP contribution is 2.41. The lowest BCUT2D eigenvalue weighted by Crippen LogP contribution is -2.25. The van der Waals surface area contributed by atoms with E-state index >= 15 is 0 Å². The van der Waals surface area contributed by atoms with Crippen LogP contribution in [-0.2, 0) is 0 Å². The summed E-state index contributed by atoms with van der Waals surface area (Å²) in [6, 6.07) is 6.82. The summed E-state index contributed by atoms with van der Waals surface area (Å²) >= 11 is 0. The molecule has 1 aliphatic heterocycles. The Kier molecular flexibility index (Phi) is 3.73. The Balaban J connectivity index is 1.65. The minimum absolute atomic E-state index is 0.0534. The van der Waals surface area contributed by atoms with Crippen molar-refractivity contribution in [1.29, 1.82) is 0 Å². The van der Waals surface area contributed by atoms with E-state index in [1.807, 2.05) is 0 Å². The summed E-state index contributed by atoms with van der Waals surface area (Å²) in [5, 5.41) is 7.25. The molecule has 2 heterocycles. The maximum absolute atomic E-state index is 12.9. The summed E-state index contributed by atoms with van der Waals surface area (Å²) in [5.74, 6) is -1.04. The second-order valence-corrected chi connectivity index (χ2v) is 4.78. The fourth-order valence-corrected chi connectivity index (χ4v) is 2.07. The van der Waals surface area contributed by atoms with Gasteiger partial charge in [-0.3, -0.25) is 9.59 Å². The molecule has 0 atom stereocenters. The first-order valence-electron chi connectivity index (χ1n) is 6.68. The van der Waals surface area contributed by atoms with E-state index in [2.05, 4.69) is 19.7 Å². The van der Waals surface area contributed by atoms with Crippen molar-refractivity contribution in [2.45, 2.75) is 19.1 Å². The van der Waals surface area contributed by atoms with Gasteiger partial charge in [-0.1, -0.05) is 0 Å². The second kappa shape index (κ2) is 5.71. The van der Waals surface area contributed by atoms with E-state index in [1.54, 1.807) is 6.07 Å². The molecule has 0 bridgehead atoms. The maximum atomic E-state index is 12.9. The highest BCUT2D eigenvalue weighted by molar-refractivity contribution is 6.01. The van der Waals surface area contributed by atoms with Crippen LogP contribution >= 0.6 is 0 Å². The van der Waals surface area contributed by atoms with Crippen molar-refractivity contribution in [2.75, 3.05) is 0 Å². The Morgan fingerprint density at radius 1 is 1.04 bits per heavy atom. The number of benzene rings is 1. The zero-order chi connectivity index (χ0) is 16.4. The zero-order valence-corrected chi connectivity index (χ0v) is 11.7. The van der Waals surface area contributed by atoms with Crippen LogP contribution in [-0.4, -0.2) is 28.1 Å². The predicted molar refractivity (Wildman–Crippen MR) is 72.6 cm³/mol. The Hall–Kier alpha value is -2.90. The summed E-state index contributed by atoms with van der Waals surface area (Å²) in [6.45, 7) is 0. The molecular formula is C15H10F2N2O4. The summed E-state index contributed by atoms with van der Waals surface area (Å²) in [6.07, 6.45) is -2.43. The van der Waals surface area contributed by atoms with Crippen molar-refractivity contribution < 1.29 is 27.8 Å². The van der Waals surface area contributed by atoms with E-state index in [0.29, 0.717) is 0 Å². The third-order valence-corrected chi connectivity index (χ3v) is 3.16. The van der Waals surface area contributed by atoms with Gasteiger partial charge >= 0.3 is 6.29 Å². The number of fused-ring (bicyclic) bond motifs is 1. The number of hydrogen-bond donors (Lipinski definition) is 0. The van der Waals surface area contributed by atoms with Gasteiger partial charge < -0.3 is 9.47 Å². The van der Waals surface area contributed by atoms with Crippen LogP contribution < -0.4 is 9.47 Å². The van der Waals surface area contributed by atoms with Gasteiger partial charge in [0.05, 0.1) is 0 Å². The van der Waals surface area contributed by atoms with Crippen molar-refractivity contribution in [2.24, 2.45) is 0 Å². The first kappa shape index (κ1) is 15.0. The molecule has 8 heteroatoms. The molecule has 23 heavy (non-hydrogen) atoms. The standard InChI is InChI=1S/C15H10F2N2O4/c16-15(17)22-13-6-3-9(8-14(13)23-15)11(20)4-5-12(21)10-2-1-7-18-19-10/h1-3,6-8H,4-5H2. The SMILES string of the molecule is O=C(CCC(=O)c1cccnn1)c1ccc2c(c1)OC(F)(F)O2. The Labute approximate surface area is 129 Å². The number of alkyl halides is 2. The van der Waals surface area contributed by atoms with E-state index in [0.717, 1.165) is 0 Å². The van der Waals surface area contributed by atoms with E-state index in [1.165, 1.54) is 30.5 Å². The summed E-state index contributed by atoms with van der Waals surface area (Å²) < 4.78 is 34.4. The topological polar surface area (TPSA) is 78.4 Å². The number of Topliss-reactive ketones (excluding diaryl/α,β-unsaturated/α-hetero) is 2. The van der Waals surface area contributed by atoms with Crippen LogP contribution in [0.3, 0.4) is 0 Å². The summed E-state index contributed by atoms with van der Waals surface area (Å²) in [4.78, 5) is 23.9. The zero-order valence-electron chi connectivity index (χ0n) is 11.7. The number of carbonyl (C=O) groups excluding carboxylic acids is 2. The van der Waals surface area contributed by atoms with Crippen LogP contribution in [0.1, 0.15) is 33.7 Å². The number of aromatic nitrogens is 2. The first-order chi connectivity index (χ1) is 10.9. The first-order valence-corrected chi connectivity index (χ1v) is 6.68. The van der Waals surface area contributed by atoms with E-state index in [-0.39, 0.29) is 47.2 Å². The molecule has 1 aliphatic rings. The maximum Gasteiger partial charge on any atom is 0.586 e. The number of hydrogen-bond acceptors (Lipinski definition) is 6. The van der Waals surface area contributed by atoms with E-state index in [9.17, 15) is 18.4 Å². The molecule has 0 radical (unpaired) electrons. The minimum Gasteiger partial charge on any atom is -0.395 e. The smallest absolute Gasteiger partial charge is 0.395 e. The van der Waals surface area contributed by atoms with Crippen molar-refractivity contribution in [1.82, 2.24) is 10.2 Å². The summed E-state index contributed by atoms with van der Waals surface area (Å²) in [7, 11) is 0. The number of carbonyl (C=O) groups is 2. The average molecular weight is 320 g/mol. The van der Waals surface area contributed by atoms with Gasteiger partial charge in [-0.05, 0) is 30.3 Å². The Bertz CT molecular complexity index is 765. The molecule has 0 saturated carbocycles. The Morgan fingerprint density at radius 3 is 2.52 bits per heavy atom. The lowest BCUT2D eigenvalue weighted by atomic mass is 10.0. The molecule has 0 fully saturated rings. The van der Waals surface area contributed by atoms with Gasteiger partial charge in [0, 0.05) is 24.6 Å². The predicted octanol–water partition coefficient (Wildman–Crippen LogP) is 2.64. The third kappa shape index (κ3) is 3.31. The quantitative estimate of drug-likeness (QED) is 0.788. The molecule has 0 unspecified atom stereocenters. The molecule has 0 N–H and O–H groups in total. The second-order valence-electron chi connectivity index (χ2n) is 4.78. The molecule has 0 spiro atoms. The van der Waals surface area contributed by atoms with Gasteiger partial charge in [0.15, 0.2) is 23.1 Å². The molecular weight excluding hydrogens is 310 g/mol. The molecule has 1 aromatic carbocycles. The van der Waals surface area contributed by atoms with Crippen LogP contribution in [0.4, 0.5) is 8.78 Å². The summed E-state index contributed by atoms with van der Waals surface area (Å²) in [5.41, 5.74) is 0.336. The fourth-order valence-electron chi connectivity index (χ4n) is 2.07.